The fraction of sp³-hybridized carbons (Fsp3) is 0.611. The van der Waals surface area contributed by atoms with Gasteiger partial charge in [-0.2, -0.15) is 0 Å². The summed E-state index contributed by atoms with van der Waals surface area (Å²) in [7, 11) is 0. The molecular formula is C18H26BrNO4. The lowest BCUT2D eigenvalue weighted by Crippen LogP contribution is -2.57. The smallest absolute Gasteiger partial charge is 0.407 e. The molecule has 1 heterocycles. The summed E-state index contributed by atoms with van der Waals surface area (Å²) in [5, 5.41) is 10.3. The van der Waals surface area contributed by atoms with E-state index in [0.29, 0.717) is 26.3 Å². The zero-order valence-corrected chi connectivity index (χ0v) is 16.1. The highest BCUT2D eigenvalue weighted by Crippen LogP contribution is 2.45. The van der Waals surface area contributed by atoms with E-state index in [0.717, 1.165) is 23.1 Å². The van der Waals surface area contributed by atoms with E-state index in [4.69, 9.17) is 9.47 Å². The molecule has 0 aliphatic carbocycles. The van der Waals surface area contributed by atoms with Gasteiger partial charge in [0.1, 0.15) is 11.4 Å². The van der Waals surface area contributed by atoms with Gasteiger partial charge in [0.2, 0.25) is 0 Å². The van der Waals surface area contributed by atoms with Crippen molar-refractivity contribution >= 4 is 22.0 Å². The summed E-state index contributed by atoms with van der Waals surface area (Å²) in [5.41, 5.74) is 0.0612. The molecule has 24 heavy (non-hydrogen) atoms. The molecule has 1 aliphatic heterocycles. The van der Waals surface area contributed by atoms with Crippen LogP contribution in [-0.2, 0) is 10.3 Å². The molecule has 1 saturated heterocycles. The molecule has 0 radical (unpaired) electrons. The molecule has 1 aromatic rings. The SMILES string of the molecule is CC(C)(C)[C@]1(c2ccc(OCCCBr)cc2)CN(C(=O)O)CCO1. The van der Waals surface area contributed by atoms with Gasteiger partial charge in [0, 0.05) is 11.9 Å². The minimum atomic E-state index is -0.901. The maximum Gasteiger partial charge on any atom is 0.407 e. The van der Waals surface area contributed by atoms with Crippen molar-refractivity contribution in [3.05, 3.63) is 29.8 Å². The topological polar surface area (TPSA) is 59.0 Å². The van der Waals surface area contributed by atoms with E-state index in [1.165, 1.54) is 4.90 Å². The van der Waals surface area contributed by atoms with Crippen LogP contribution >= 0.6 is 15.9 Å². The quantitative estimate of drug-likeness (QED) is 0.597. The number of hydrogen-bond donors (Lipinski definition) is 1. The van der Waals surface area contributed by atoms with Crippen molar-refractivity contribution in [1.82, 2.24) is 4.90 Å². The van der Waals surface area contributed by atoms with Gasteiger partial charge in [0.05, 0.1) is 19.8 Å². The number of ether oxygens (including phenoxy) is 2. The molecule has 5 nitrogen and oxygen atoms in total. The molecule has 1 amide bonds. The van der Waals surface area contributed by atoms with Gasteiger partial charge in [-0.05, 0) is 29.5 Å². The molecule has 2 rings (SSSR count). The second-order valence-corrected chi connectivity index (χ2v) is 7.84. The Morgan fingerprint density at radius 2 is 2.04 bits per heavy atom. The molecule has 0 unspecified atom stereocenters. The average Bonchev–Trinajstić information content (AvgIpc) is 2.54. The number of carbonyl (C=O) groups is 1. The van der Waals surface area contributed by atoms with Crippen LogP contribution in [0.2, 0.25) is 0 Å². The Kier molecular flexibility index (Phi) is 6.15. The molecule has 1 atom stereocenters. The predicted molar refractivity (Wildman–Crippen MR) is 97.0 cm³/mol. The van der Waals surface area contributed by atoms with E-state index in [1.54, 1.807) is 0 Å². The number of amides is 1. The number of hydrogen-bond acceptors (Lipinski definition) is 3. The molecule has 1 aliphatic rings. The Hall–Kier alpha value is -1.27. The first kappa shape index (κ1) is 19.1. The number of benzene rings is 1. The van der Waals surface area contributed by atoms with Crippen LogP contribution in [0.4, 0.5) is 4.79 Å². The van der Waals surface area contributed by atoms with Crippen molar-refractivity contribution < 1.29 is 19.4 Å². The van der Waals surface area contributed by atoms with Crippen LogP contribution in [0.15, 0.2) is 24.3 Å². The Morgan fingerprint density at radius 1 is 1.38 bits per heavy atom. The summed E-state index contributed by atoms with van der Waals surface area (Å²) >= 11 is 3.38. The number of morpholine rings is 1. The predicted octanol–water partition coefficient (Wildman–Crippen LogP) is 4.10. The number of rotatable bonds is 5. The highest BCUT2D eigenvalue weighted by atomic mass is 79.9. The van der Waals surface area contributed by atoms with Crippen LogP contribution in [0, 0.1) is 5.41 Å². The number of alkyl halides is 1. The van der Waals surface area contributed by atoms with Gasteiger partial charge in [-0.3, -0.25) is 0 Å². The first-order valence-corrected chi connectivity index (χ1v) is 9.33. The highest BCUT2D eigenvalue weighted by molar-refractivity contribution is 9.09. The Morgan fingerprint density at radius 3 is 2.58 bits per heavy atom. The second-order valence-electron chi connectivity index (χ2n) is 7.04. The first-order chi connectivity index (χ1) is 11.3. The maximum atomic E-state index is 11.4. The zero-order valence-electron chi connectivity index (χ0n) is 14.5. The fourth-order valence-electron chi connectivity index (χ4n) is 3.01. The largest absolute Gasteiger partial charge is 0.494 e. The van der Waals surface area contributed by atoms with Gasteiger partial charge in [0.15, 0.2) is 0 Å². The molecule has 1 aromatic carbocycles. The van der Waals surface area contributed by atoms with Gasteiger partial charge < -0.3 is 19.5 Å². The highest BCUT2D eigenvalue weighted by Gasteiger charge is 2.48. The lowest BCUT2D eigenvalue weighted by atomic mass is 9.71. The molecule has 1 N–H and O–H groups in total. The van der Waals surface area contributed by atoms with Gasteiger partial charge in [-0.1, -0.05) is 48.8 Å². The monoisotopic (exact) mass is 399 g/mol. The van der Waals surface area contributed by atoms with Crippen LogP contribution in [0.5, 0.6) is 5.75 Å². The van der Waals surface area contributed by atoms with E-state index < -0.39 is 11.7 Å². The Balaban J connectivity index is 2.27. The van der Waals surface area contributed by atoms with Crippen LogP contribution in [-0.4, -0.2) is 47.7 Å². The summed E-state index contributed by atoms with van der Waals surface area (Å²) < 4.78 is 11.9. The summed E-state index contributed by atoms with van der Waals surface area (Å²) in [6, 6.07) is 7.83. The average molecular weight is 400 g/mol. The third-order valence-electron chi connectivity index (χ3n) is 4.47. The standard InChI is InChI=1S/C18H26BrNO4/c1-17(2,3)18(13-20(16(21)22)10-12-24-18)14-5-7-15(8-6-14)23-11-4-9-19/h5-8H,4,9-13H2,1-3H3,(H,21,22)/t18-/m1/s1. The van der Waals surface area contributed by atoms with Crippen molar-refractivity contribution in [2.75, 3.05) is 31.6 Å². The minimum absolute atomic E-state index is 0.251. The van der Waals surface area contributed by atoms with Crippen molar-refractivity contribution in [3.63, 3.8) is 0 Å². The lowest BCUT2D eigenvalue weighted by molar-refractivity contribution is -0.166. The van der Waals surface area contributed by atoms with E-state index in [1.807, 2.05) is 24.3 Å². The Bertz CT molecular complexity index is 555. The molecule has 134 valence electrons. The van der Waals surface area contributed by atoms with Gasteiger partial charge in [-0.25, -0.2) is 4.79 Å². The number of carboxylic acid groups (broad SMARTS) is 1. The third kappa shape index (κ3) is 4.03. The maximum absolute atomic E-state index is 11.4. The van der Waals surface area contributed by atoms with E-state index in [-0.39, 0.29) is 5.41 Å². The minimum Gasteiger partial charge on any atom is -0.494 e. The molecule has 0 bridgehead atoms. The van der Waals surface area contributed by atoms with Gasteiger partial charge >= 0.3 is 6.09 Å². The van der Waals surface area contributed by atoms with E-state index in [9.17, 15) is 9.90 Å². The van der Waals surface area contributed by atoms with Crippen molar-refractivity contribution in [3.8, 4) is 5.75 Å². The summed E-state index contributed by atoms with van der Waals surface area (Å²) in [4.78, 5) is 12.9. The summed E-state index contributed by atoms with van der Waals surface area (Å²) in [6.07, 6.45) is 0.0475. The van der Waals surface area contributed by atoms with Crippen LogP contribution < -0.4 is 4.74 Å². The van der Waals surface area contributed by atoms with Crippen LogP contribution in [0.25, 0.3) is 0 Å². The normalized spacial score (nSPS) is 21.6. The zero-order chi connectivity index (χ0) is 17.8. The van der Waals surface area contributed by atoms with Gasteiger partial charge in [0.25, 0.3) is 0 Å². The molecule has 0 aromatic heterocycles. The summed E-state index contributed by atoms with van der Waals surface area (Å²) in [6.45, 7) is 8.04. The van der Waals surface area contributed by atoms with Gasteiger partial charge in [-0.15, -0.1) is 0 Å². The number of halogens is 1. The molecule has 1 fully saturated rings. The molecular weight excluding hydrogens is 374 g/mol. The van der Waals surface area contributed by atoms with Crippen molar-refractivity contribution in [2.45, 2.75) is 32.8 Å². The van der Waals surface area contributed by atoms with Crippen LogP contribution in [0.3, 0.4) is 0 Å². The fourth-order valence-corrected chi connectivity index (χ4v) is 3.24. The first-order valence-electron chi connectivity index (χ1n) is 8.21. The van der Waals surface area contributed by atoms with E-state index in [2.05, 4.69) is 36.7 Å². The second kappa shape index (κ2) is 7.74. The van der Waals surface area contributed by atoms with Crippen molar-refractivity contribution in [2.24, 2.45) is 5.41 Å². The molecule has 0 spiro atoms. The third-order valence-corrected chi connectivity index (χ3v) is 5.03. The molecule has 0 saturated carbocycles. The molecule has 6 heteroatoms. The lowest BCUT2D eigenvalue weighted by Gasteiger charge is -2.50. The number of nitrogens with zero attached hydrogens (tertiary/aromatic N) is 1. The Labute approximate surface area is 152 Å². The van der Waals surface area contributed by atoms with E-state index >= 15 is 0 Å². The van der Waals surface area contributed by atoms with Crippen molar-refractivity contribution in [1.29, 1.82) is 0 Å². The van der Waals surface area contributed by atoms with Crippen LogP contribution in [0.1, 0.15) is 32.8 Å². The summed E-state index contributed by atoms with van der Waals surface area (Å²) in [5.74, 6) is 0.814.